The van der Waals surface area contributed by atoms with E-state index in [4.69, 9.17) is 6.42 Å². The van der Waals surface area contributed by atoms with Crippen molar-refractivity contribution in [1.82, 2.24) is 10.3 Å². The van der Waals surface area contributed by atoms with Crippen LogP contribution in [0.2, 0.25) is 0 Å². The van der Waals surface area contributed by atoms with Gasteiger partial charge in [-0.05, 0) is 19.9 Å². The van der Waals surface area contributed by atoms with Gasteiger partial charge in [0.05, 0.1) is 11.1 Å². The first kappa shape index (κ1) is 18.0. The molecule has 8 heteroatoms. The van der Waals surface area contributed by atoms with Crippen LogP contribution in [-0.4, -0.2) is 28.4 Å². The average Bonchev–Trinajstić information content (AvgIpc) is 2.45. The first-order valence-electron chi connectivity index (χ1n) is 7.26. The summed E-state index contributed by atoms with van der Waals surface area (Å²) >= 11 is 0. The molecule has 0 aliphatic heterocycles. The fourth-order valence-electron chi connectivity index (χ4n) is 2.23. The van der Waals surface area contributed by atoms with Crippen LogP contribution in [0.5, 0.6) is 0 Å². The minimum atomic E-state index is -2.81. The Bertz CT molecular complexity index is 674. The summed E-state index contributed by atoms with van der Waals surface area (Å²) in [4.78, 5) is 16.1. The molecule has 4 nitrogen and oxygen atoms in total. The number of carbonyl (C=O) groups is 1. The predicted molar refractivity (Wildman–Crippen MR) is 81.2 cm³/mol. The maximum Gasteiger partial charge on any atom is 0.265 e. The molecular formula is C16H17F4N3O. The van der Waals surface area contributed by atoms with E-state index in [0.717, 1.165) is 12.3 Å². The number of hydrogen-bond donors (Lipinski definition) is 2. The van der Waals surface area contributed by atoms with Gasteiger partial charge in [-0.2, -0.15) is 0 Å². The third-order valence-corrected chi connectivity index (χ3v) is 3.62. The summed E-state index contributed by atoms with van der Waals surface area (Å²) in [5.74, 6) is -1.13. The highest BCUT2D eigenvalue weighted by Crippen LogP contribution is 2.39. The minimum Gasteiger partial charge on any atom is -0.366 e. The third kappa shape index (κ3) is 4.16. The Morgan fingerprint density at radius 1 is 1.46 bits per heavy atom. The number of halogens is 4. The van der Waals surface area contributed by atoms with Gasteiger partial charge in [-0.3, -0.25) is 4.79 Å². The van der Waals surface area contributed by atoms with Crippen LogP contribution in [0.15, 0.2) is 12.3 Å². The fraction of sp³-hybridized carbons (Fsp3) is 0.500. The van der Waals surface area contributed by atoms with E-state index >= 15 is 0 Å². The molecular weight excluding hydrogens is 326 g/mol. The number of nitrogens with zero attached hydrogens (tertiary/aromatic N) is 1. The van der Waals surface area contributed by atoms with Gasteiger partial charge in [-0.15, -0.1) is 6.42 Å². The molecule has 0 atom stereocenters. The van der Waals surface area contributed by atoms with E-state index in [-0.39, 0.29) is 11.4 Å². The van der Waals surface area contributed by atoms with Crippen LogP contribution in [-0.2, 0) is 0 Å². The van der Waals surface area contributed by atoms with Crippen LogP contribution in [0, 0.1) is 12.3 Å². The van der Waals surface area contributed by atoms with E-state index in [0.29, 0.717) is 0 Å². The highest BCUT2D eigenvalue weighted by atomic mass is 19.3. The number of anilines is 1. The Kier molecular flexibility index (Phi) is 4.74. The van der Waals surface area contributed by atoms with Gasteiger partial charge in [-0.25, -0.2) is 22.5 Å². The lowest BCUT2D eigenvalue weighted by atomic mass is 9.88. The van der Waals surface area contributed by atoms with E-state index in [9.17, 15) is 22.4 Å². The van der Waals surface area contributed by atoms with Crippen molar-refractivity contribution in [2.45, 2.75) is 50.6 Å². The molecule has 0 bridgehead atoms. The zero-order chi connectivity index (χ0) is 18.1. The first-order chi connectivity index (χ1) is 11.0. The Hall–Kier alpha value is -2.30. The number of amides is 1. The molecule has 1 aromatic rings. The predicted octanol–water partition coefficient (Wildman–Crippen LogP) is 3.37. The van der Waals surface area contributed by atoms with Gasteiger partial charge < -0.3 is 10.6 Å². The minimum absolute atomic E-state index is 0.0229. The number of terminal acetylenes is 1. The molecule has 1 aliphatic rings. The molecule has 1 aromatic heterocycles. The summed E-state index contributed by atoms with van der Waals surface area (Å²) in [6.07, 6.45) is 2.59. The van der Waals surface area contributed by atoms with Crippen molar-refractivity contribution in [1.29, 1.82) is 0 Å². The molecule has 1 heterocycles. The van der Waals surface area contributed by atoms with Crippen LogP contribution in [0.4, 0.5) is 23.4 Å². The van der Waals surface area contributed by atoms with Crippen molar-refractivity contribution >= 4 is 11.7 Å². The van der Waals surface area contributed by atoms with Gasteiger partial charge in [0.25, 0.3) is 18.3 Å². The quantitative estimate of drug-likeness (QED) is 0.637. The molecule has 0 unspecified atom stereocenters. The molecule has 0 saturated heterocycles. The Morgan fingerprint density at radius 2 is 2.08 bits per heavy atom. The van der Waals surface area contributed by atoms with Crippen molar-refractivity contribution in [3.63, 3.8) is 0 Å². The number of carbonyl (C=O) groups excluding carboxylic acids is 1. The number of aromatic nitrogens is 1. The molecule has 2 N–H and O–H groups in total. The monoisotopic (exact) mass is 343 g/mol. The first-order valence-corrected chi connectivity index (χ1v) is 7.26. The largest absolute Gasteiger partial charge is 0.366 e. The van der Waals surface area contributed by atoms with Crippen molar-refractivity contribution in [3.05, 3.63) is 23.4 Å². The average molecular weight is 343 g/mol. The van der Waals surface area contributed by atoms with Crippen LogP contribution in [0.3, 0.4) is 0 Å². The summed E-state index contributed by atoms with van der Waals surface area (Å²) in [5.41, 5.74) is -1.60. The molecule has 0 radical (unpaired) electrons. The Balaban J connectivity index is 2.26. The highest BCUT2D eigenvalue weighted by Gasteiger charge is 2.45. The van der Waals surface area contributed by atoms with Crippen LogP contribution in [0.25, 0.3) is 0 Å². The maximum atomic E-state index is 12.9. The second kappa shape index (κ2) is 6.30. The molecule has 1 amide bonds. The van der Waals surface area contributed by atoms with Gasteiger partial charge in [0.15, 0.2) is 0 Å². The lowest BCUT2D eigenvalue weighted by Crippen LogP contribution is -2.45. The lowest BCUT2D eigenvalue weighted by molar-refractivity contribution is -0.0794. The van der Waals surface area contributed by atoms with Crippen molar-refractivity contribution < 1.29 is 22.4 Å². The Labute approximate surface area is 137 Å². The van der Waals surface area contributed by atoms with Gasteiger partial charge in [-0.1, -0.05) is 5.92 Å². The van der Waals surface area contributed by atoms with E-state index in [1.165, 1.54) is 0 Å². The van der Waals surface area contributed by atoms with Gasteiger partial charge in [0.2, 0.25) is 0 Å². The molecule has 24 heavy (non-hydrogen) atoms. The number of pyridine rings is 1. The van der Waals surface area contributed by atoms with E-state index < -0.39 is 48.2 Å². The molecule has 1 saturated carbocycles. The van der Waals surface area contributed by atoms with Crippen LogP contribution < -0.4 is 10.6 Å². The third-order valence-electron chi connectivity index (χ3n) is 3.62. The van der Waals surface area contributed by atoms with Crippen molar-refractivity contribution in [2.75, 3.05) is 5.32 Å². The second-order valence-electron chi connectivity index (χ2n) is 6.29. The fourth-order valence-corrected chi connectivity index (χ4v) is 2.23. The Morgan fingerprint density at radius 3 is 2.58 bits per heavy atom. The number of rotatable bonds is 5. The summed E-state index contributed by atoms with van der Waals surface area (Å²) < 4.78 is 51.6. The molecule has 0 aromatic carbocycles. The van der Waals surface area contributed by atoms with Gasteiger partial charge in [0.1, 0.15) is 5.82 Å². The molecule has 130 valence electrons. The summed E-state index contributed by atoms with van der Waals surface area (Å²) in [7, 11) is 0. The van der Waals surface area contributed by atoms with Crippen molar-refractivity contribution in [3.8, 4) is 12.3 Å². The molecule has 0 spiro atoms. The van der Waals surface area contributed by atoms with Gasteiger partial charge in [0, 0.05) is 30.6 Å². The van der Waals surface area contributed by atoms with Gasteiger partial charge >= 0.3 is 0 Å². The SMILES string of the molecule is C#CC(C)(C)NC(=O)c1cc(C(F)F)cnc1NC1CC(F)(F)C1. The molecule has 1 fully saturated rings. The maximum absolute atomic E-state index is 12.9. The number of nitrogens with one attached hydrogen (secondary N) is 2. The van der Waals surface area contributed by atoms with E-state index in [1.54, 1.807) is 13.8 Å². The molecule has 2 rings (SSSR count). The lowest BCUT2D eigenvalue weighted by Gasteiger charge is -2.36. The summed E-state index contributed by atoms with van der Waals surface area (Å²) in [6.45, 7) is 3.13. The topological polar surface area (TPSA) is 54.0 Å². The standard InChI is InChI=1S/C16H17F4N3O/c1-4-15(2,3)23-14(24)11-5-9(12(17)18)8-21-13(11)22-10-6-16(19,20)7-10/h1,5,8,10,12H,6-7H2,2-3H3,(H,21,22)(H,23,24). The summed E-state index contributed by atoms with van der Waals surface area (Å²) in [6, 6.07) is 0.413. The zero-order valence-corrected chi connectivity index (χ0v) is 13.2. The van der Waals surface area contributed by atoms with Crippen LogP contribution in [0.1, 0.15) is 49.0 Å². The molecule has 1 aliphatic carbocycles. The van der Waals surface area contributed by atoms with E-state index in [1.807, 2.05) is 0 Å². The number of hydrogen-bond acceptors (Lipinski definition) is 3. The van der Waals surface area contributed by atoms with Crippen LogP contribution >= 0.6 is 0 Å². The summed E-state index contributed by atoms with van der Waals surface area (Å²) in [5, 5.41) is 5.21. The normalized spacial score (nSPS) is 17.1. The van der Waals surface area contributed by atoms with Crippen molar-refractivity contribution in [2.24, 2.45) is 0 Å². The highest BCUT2D eigenvalue weighted by molar-refractivity contribution is 5.99. The second-order valence-corrected chi connectivity index (χ2v) is 6.29. The zero-order valence-electron chi connectivity index (χ0n) is 13.2. The smallest absolute Gasteiger partial charge is 0.265 e. The van der Waals surface area contributed by atoms with E-state index in [2.05, 4.69) is 21.5 Å². The number of alkyl halides is 4.